The van der Waals surface area contributed by atoms with E-state index in [9.17, 15) is 9.59 Å². The second-order valence-corrected chi connectivity index (χ2v) is 13.2. The summed E-state index contributed by atoms with van der Waals surface area (Å²) in [6.45, 7) is 12.5. The van der Waals surface area contributed by atoms with Crippen LogP contribution in [-0.2, 0) is 11.2 Å². The largest absolute Gasteiger partial charge is 0.397 e. The first-order valence-corrected chi connectivity index (χ1v) is 15.9. The molecule has 0 radical (unpaired) electrons. The van der Waals surface area contributed by atoms with E-state index in [1.807, 2.05) is 38.7 Å². The Morgan fingerprint density at radius 1 is 1.16 bits per heavy atom. The molecule has 2 unspecified atom stereocenters. The number of hydrogen-bond acceptors (Lipinski definition) is 6. The number of hydrogen-bond donors (Lipinski definition) is 1. The third-order valence-electron chi connectivity index (χ3n) is 8.85. The lowest BCUT2D eigenvalue weighted by molar-refractivity contribution is -0.129. The summed E-state index contributed by atoms with van der Waals surface area (Å²) in [4.78, 5) is 40.9. The highest BCUT2D eigenvalue weighted by Crippen LogP contribution is 2.44. The smallest absolute Gasteiger partial charge is 0.262 e. The van der Waals surface area contributed by atoms with Gasteiger partial charge in [0.25, 0.3) is 5.56 Å². The number of halogens is 4. The van der Waals surface area contributed by atoms with Crippen LogP contribution in [0.25, 0.3) is 28.0 Å². The van der Waals surface area contributed by atoms with Gasteiger partial charge in [-0.1, -0.05) is 55.2 Å². The van der Waals surface area contributed by atoms with Crippen molar-refractivity contribution in [3.8, 4) is 16.9 Å². The molecule has 12 heteroatoms. The van der Waals surface area contributed by atoms with Crippen molar-refractivity contribution in [3.63, 3.8) is 0 Å². The molecule has 2 aliphatic rings. The highest BCUT2D eigenvalue weighted by molar-refractivity contribution is 6.38. The van der Waals surface area contributed by atoms with Crippen LogP contribution in [0.2, 0.25) is 15.1 Å². The van der Waals surface area contributed by atoms with Gasteiger partial charge in [0.15, 0.2) is 5.82 Å². The fraction of sp³-hybridized carbons (Fsp3) is 0.333. The number of benzene rings is 1. The van der Waals surface area contributed by atoms with Crippen molar-refractivity contribution in [2.45, 2.75) is 58.5 Å². The van der Waals surface area contributed by atoms with Crippen molar-refractivity contribution in [2.75, 3.05) is 23.7 Å². The van der Waals surface area contributed by atoms with E-state index in [0.717, 1.165) is 5.56 Å². The van der Waals surface area contributed by atoms with Crippen molar-refractivity contribution < 1.29 is 9.18 Å². The molecular weight excluding hydrogens is 638 g/mol. The third-order valence-corrected chi connectivity index (χ3v) is 9.73. The lowest BCUT2D eigenvalue weighted by atomic mass is 9.91. The van der Waals surface area contributed by atoms with Crippen LogP contribution in [-0.4, -0.2) is 50.5 Å². The fourth-order valence-electron chi connectivity index (χ4n) is 6.68. The number of pyridine rings is 3. The number of anilines is 2. The van der Waals surface area contributed by atoms with Crippen LogP contribution in [0.4, 0.5) is 15.8 Å². The Morgan fingerprint density at radius 3 is 2.58 bits per heavy atom. The number of piperazine rings is 1. The molecule has 2 N–H and O–H groups in total. The van der Waals surface area contributed by atoms with Gasteiger partial charge < -0.3 is 15.5 Å². The number of aryl methyl sites for hydroxylation is 1. The molecule has 5 heterocycles. The lowest BCUT2D eigenvalue weighted by Gasteiger charge is -2.49. The zero-order valence-electron chi connectivity index (χ0n) is 25.3. The van der Waals surface area contributed by atoms with Gasteiger partial charge in [-0.2, -0.15) is 0 Å². The molecule has 8 nitrogen and oxygen atoms in total. The minimum Gasteiger partial charge on any atom is -0.397 e. The average molecular weight is 670 g/mol. The maximum absolute atomic E-state index is 15.6. The lowest BCUT2D eigenvalue weighted by Crippen LogP contribution is -2.60. The van der Waals surface area contributed by atoms with Crippen LogP contribution in [0.1, 0.15) is 49.9 Å². The van der Waals surface area contributed by atoms with E-state index >= 15 is 4.39 Å². The zero-order valence-corrected chi connectivity index (χ0v) is 27.6. The molecule has 1 amide bonds. The number of rotatable bonds is 4. The maximum Gasteiger partial charge on any atom is 0.262 e. The molecular formula is C33H32Cl3FN6O2. The number of nitrogen functional groups attached to an aromatic ring is 1. The second kappa shape index (κ2) is 11.6. The number of fused-ring (bicyclic) bond motifs is 5. The summed E-state index contributed by atoms with van der Waals surface area (Å²) in [5.74, 6) is -0.975. The summed E-state index contributed by atoms with van der Waals surface area (Å²) >= 11 is 19.4. The summed E-state index contributed by atoms with van der Waals surface area (Å²) in [7, 11) is 0. The van der Waals surface area contributed by atoms with Crippen molar-refractivity contribution in [1.82, 2.24) is 19.4 Å². The van der Waals surface area contributed by atoms with Gasteiger partial charge in [-0.3, -0.25) is 19.1 Å². The Hall–Kier alpha value is -3.66. The predicted octanol–water partition coefficient (Wildman–Crippen LogP) is 7.10. The average Bonchev–Trinajstić information content (AvgIpc) is 3.00. The number of aromatic nitrogens is 3. The number of nitrogens with two attached hydrogens (primary N) is 1. The molecule has 2 atom stereocenters. The molecule has 6 rings (SSSR count). The monoisotopic (exact) mass is 668 g/mol. The Labute approximate surface area is 275 Å². The van der Waals surface area contributed by atoms with E-state index in [-0.39, 0.29) is 67.1 Å². The van der Waals surface area contributed by atoms with Gasteiger partial charge in [-0.05, 0) is 62.4 Å². The Kier molecular flexibility index (Phi) is 8.08. The van der Waals surface area contributed by atoms with Crippen LogP contribution in [0, 0.1) is 12.7 Å². The van der Waals surface area contributed by atoms with Gasteiger partial charge in [-0.15, -0.1) is 0 Å². The van der Waals surface area contributed by atoms with Crippen molar-refractivity contribution >= 4 is 63.1 Å². The predicted molar refractivity (Wildman–Crippen MR) is 180 cm³/mol. The van der Waals surface area contributed by atoms with Crippen LogP contribution in [0.3, 0.4) is 0 Å². The van der Waals surface area contributed by atoms with Gasteiger partial charge in [0, 0.05) is 42.3 Å². The molecule has 3 aromatic heterocycles. The Balaban J connectivity index is 1.72. The second-order valence-electron chi connectivity index (χ2n) is 12.0. The fourth-order valence-corrected chi connectivity index (χ4v) is 7.38. The topological polar surface area (TPSA) is 97.4 Å². The number of carbonyl (C=O) groups is 1. The number of carbonyl (C=O) groups excluding carboxylic acids is 1. The van der Waals surface area contributed by atoms with E-state index in [1.54, 1.807) is 16.8 Å². The van der Waals surface area contributed by atoms with E-state index in [2.05, 4.69) is 16.5 Å². The summed E-state index contributed by atoms with van der Waals surface area (Å²) in [6, 6.07) is 4.59. The van der Waals surface area contributed by atoms with E-state index in [4.69, 9.17) is 45.5 Å². The van der Waals surface area contributed by atoms with Crippen molar-refractivity contribution in [3.05, 3.63) is 85.1 Å². The van der Waals surface area contributed by atoms with Gasteiger partial charge in [0.05, 0.1) is 49.1 Å². The van der Waals surface area contributed by atoms with Gasteiger partial charge in [0.1, 0.15) is 5.65 Å². The molecule has 0 aliphatic carbocycles. The highest BCUT2D eigenvalue weighted by Gasteiger charge is 2.39. The van der Waals surface area contributed by atoms with E-state index < -0.39 is 5.82 Å². The summed E-state index contributed by atoms with van der Waals surface area (Å²) in [6.07, 6.45) is 4.21. The third kappa shape index (κ3) is 4.96. The maximum atomic E-state index is 15.6. The zero-order chi connectivity index (χ0) is 32.5. The first-order chi connectivity index (χ1) is 21.3. The minimum atomic E-state index is -0.823. The van der Waals surface area contributed by atoms with Gasteiger partial charge in [-0.25, -0.2) is 9.37 Å². The minimum absolute atomic E-state index is 0.00596. The van der Waals surface area contributed by atoms with Crippen molar-refractivity contribution in [2.24, 2.45) is 0 Å². The molecule has 234 valence electrons. The molecule has 4 aromatic rings. The van der Waals surface area contributed by atoms with Crippen LogP contribution >= 0.6 is 34.8 Å². The molecule has 1 aromatic carbocycles. The quantitative estimate of drug-likeness (QED) is 0.142. The van der Waals surface area contributed by atoms with E-state index in [0.29, 0.717) is 53.9 Å². The van der Waals surface area contributed by atoms with E-state index in [1.165, 1.54) is 12.1 Å². The Bertz CT molecular complexity index is 1950. The van der Waals surface area contributed by atoms with Crippen LogP contribution in [0.5, 0.6) is 0 Å². The van der Waals surface area contributed by atoms with Gasteiger partial charge >= 0.3 is 0 Å². The van der Waals surface area contributed by atoms with Gasteiger partial charge in [0.2, 0.25) is 5.91 Å². The first-order valence-electron chi connectivity index (χ1n) is 14.7. The molecule has 0 spiro atoms. The normalized spacial score (nSPS) is 17.9. The number of amides is 1. The first kappa shape index (κ1) is 31.3. The molecule has 0 bridgehead atoms. The molecule has 1 fully saturated rings. The molecule has 1 saturated heterocycles. The SMILES string of the molecule is C=CC(=O)N1CC2CCc3c(c4cc(Cl)c(-c5c(N)c(Cl)cc(Cl)c5F)nc4n(-c4c(C)ccnc4C(C)C)c3=O)N2CC1C. The Morgan fingerprint density at radius 2 is 1.89 bits per heavy atom. The molecule has 2 aliphatic heterocycles. The summed E-state index contributed by atoms with van der Waals surface area (Å²) < 4.78 is 17.2. The molecule has 45 heavy (non-hydrogen) atoms. The summed E-state index contributed by atoms with van der Waals surface area (Å²) in [5.41, 5.74) is 9.56. The molecule has 0 saturated carbocycles. The standard InChI is InChI=1S/C33H32Cl3FN6O2/c1-6-24(44)41-14-18-7-8-19-31(42(18)13-17(41)5)20-11-23(36)29(25-26(37)21(34)12-22(35)27(25)38)40-32(20)43(33(19)45)30-16(4)9-10-39-28(30)15(2)3/h6,9-12,15,17-18H,1,7-8,13-14,38H2,2-5H3. The van der Waals surface area contributed by atoms with Crippen LogP contribution in [0.15, 0.2) is 41.8 Å². The van der Waals surface area contributed by atoms with Crippen molar-refractivity contribution in [1.29, 1.82) is 0 Å². The summed E-state index contributed by atoms with van der Waals surface area (Å²) in [5, 5.41) is 0.537. The van der Waals surface area contributed by atoms with Crippen LogP contribution < -0.4 is 16.2 Å². The number of nitrogens with zero attached hydrogens (tertiary/aromatic N) is 5. The highest BCUT2D eigenvalue weighted by atomic mass is 35.5.